The third-order valence-electron chi connectivity index (χ3n) is 5.76. The molecule has 31 heavy (non-hydrogen) atoms. The van der Waals surface area contributed by atoms with Gasteiger partial charge in [0.15, 0.2) is 0 Å². The normalized spacial score (nSPS) is 15.3. The molecule has 0 atom stereocenters. The molecule has 1 aromatic heterocycles. The summed E-state index contributed by atoms with van der Waals surface area (Å²) in [5.41, 5.74) is 4.20. The van der Waals surface area contributed by atoms with Crippen LogP contribution in [0.4, 0.5) is 5.69 Å². The Bertz CT molecular complexity index is 1180. The molecule has 1 fully saturated rings. The highest BCUT2D eigenvalue weighted by Gasteiger charge is 2.33. The van der Waals surface area contributed by atoms with Crippen molar-refractivity contribution < 1.29 is 13.2 Å². The average Bonchev–Trinajstić information content (AvgIpc) is 3.09. The maximum atomic E-state index is 13.5. The van der Waals surface area contributed by atoms with E-state index in [4.69, 9.17) is 4.74 Å². The molecule has 1 saturated heterocycles. The number of aromatic nitrogens is 2. The summed E-state index contributed by atoms with van der Waals surface area (Å²) in [5, 5.41) is 4.54. The Balaban J connectivity index is 1.56. The summed E-state index contributed by atoms with van der Waals surface area (Å²) >= 11 is 0. The topological polar surface area (TPSA) is 67.7 Å². The van der Waals surface area contributed by atoms with Crippen LogP contribution in [0, 0.1) is 20.8 Å². The van der Waals surface area contributed by atoms with Crippen molar-refractivity contribution in [1.29, 1.82) is 0 Å². The minimum Gasteiger partial charge on any atom is -0.497 e. The molecular formula is C23H28N4O3S. The first kappa shape index (κ1) is 21.4. The molecule has 0 saturated carbocycles. The van der Waals surface area contributed by atoms with Crippen LogP contribution in [-0.2, 0) is 10.0 Å². The fraction of sp³-hybridized carbons (Fsp3) is 0.348. The second kappa shape index (κ2) is 8.36. The van der Waals surface area contributed by atoms with Crippen LogP contribution in [0.5, 0.6) is 5.75 Å². The Morgan fingerprint density at radius 1 is 0.903 bits per heavy atom. The summed E-state index contributed by atoms with van der Waals surface area (Å²) in [5.74, 6) is 0.794. The summed E-state index contributed by atoms with van der Waals surface area (Å²) < 4.78 is 35.6. The second-order valence-electron chi connectivity index (χ2n) is 7.84. The second-order valence-corrected chi connectivity index (χ2v) is 9.71. The Hall–Kier alpha value is -2.84. The van der Waals surface area contributed by atoms with Gasteiger partial charge in [0.2, 0.25) is 10.0 Å². The van der Waals surface area contributed by atoms with E-state index in [0.717, 1.165) is 22.7 Å². The lowest BCUT2D eigenvalue weighted by Gasteiger charge is -2.35. The van der Waals surface area contributed by atoms with Crippen LogP contribution >= 0.6 is 0 Å². The highest BCUT2D eigenvalue weighted by molar-refractivity contribution is 7.89. The number of rotatable bonds is 5. The molecule has 0 aliphatic carbocycles. The number of anilines is 1. The quantitative estimate of drug-likeness (QED) is 0.609. The van der Waals surface area contributed by atoms with Gasteiger partial charge >= 0.3 is 0 Å². The molecule has 164 valence electrons. The number of sulfonamides is 1. The van der Waals surface area contributed by atoms with Crippen molar-refractivity contribution >= 4 is 15.7 Å². The first-order valence-electron chi connectivity index (χ1n) is 10.3. The summed E-state index contributed by atoms with van der Waals surface area (Å²) in [6.07, 6.45) is 0. The van der Waals surface area contributed by atoms with E-state index in [1.54, 1.807) is 23.0 Å². The summed E-state index contributed by atoms with van der Waals surface area (Å²) in [6.45, 7) is 7.69. The first-order chi connectivity index (χ1) is 14.8. The summed E-state index contributed by atoms with van der Waals surface area (Å²) in [7, 11) is -1.99. The minimum absolute atomic E-state index is 0.308. The number of ether oxygens (including phenoxy) is 1. The number of piperazine rings is 1. The third-order valence-corrected chi connectivity index (χ3v) is 7.91. The van der Waals surface area contributed by atoms with Gasteiger partial charge in [-0.1, -0.05) is 23.8 Å². The van der Waals surface area contributed by atoms with Gasteiger partial charge in [0, 0.05) is 37.9 Å². The standard InChI is InChI=1S/C23H28N4O3S/c1-17-8-10-20(11-9-17)27-19(3)23(18(2)24-27)31(28,29)26-14-12-25(13-15-26)21-6-5-7-22(16-21)30-4/h5-11,16H,12-15H2,1-4H3. The average molecular weight is 441 g/mol. The van der Waals surface area contributed by atoms with Gasteiger partial charge in [-0.25, -0.2) is 13.1 Å². The van der Waals surface area contributed by atoms with E-state index >= 15 is 0 Å². The molecule has 3 aromatic rings. The van der Waals surface area contributed by atoms with E-state index in [1.165, 1.54) is 0 Å². The zero-order valence-corrected chi connectivity index (χ0v) is 19.2. The maximum Gasteiger partial charge on any atom is 0.246 e. The molecule has 0 radical (unpaired) electrons. The van der Waals surface area contributed by atoms with Crippen LogP contribution in [0.3, 0.4) is 0 Å². The lowest BCUT2D eigenvalue weighted by atomic mass is 10.2. The van der Waals surface area contributed by atoms with Crippen LogP contribution in [-0.4, -0.2) is 55.8 Å². The van der Waals surface area contributed by atoms with Crippen LogP contribution in [0.25, 0.3) is 5.69 Å². The summed E-state index contributed by atoms with van der Waals surface area (Å²) in [4.78, 5) is 2.49. The maximum absolute atomic E-state index is 13.5. The SMILES string of the molecule is COc1cccc(N2CCN(S(=O)(=O)c3c(C)nn(-c4ccc(C)cc4)c3C)CC2)c1. The van der Waals surface area contributed by atoms with Crippen LogP contribution in [0.15, 0.2) is 53.4 Å². The van der Waals surface area contributed by atoms with Crippen molar-refractivity contribution in [2.75, 3.05) is 38.2 Å². The molecule has 0 amide bonds. The number of benzene rings is 2. The van der Waals surface area contributed by atoms with Gasteiger partial charge in [-0.15, -0.1) is 0 Å². The molecule has 0 spiro atoms. The first-order valence-corrected chi connectivity index (χ1v) is 11.8. The number of nitrogens with zero attached hydrogens (tertiary/aromatic N) is 4. The Morgan fingerprint density at radius 2 is 1.58 bits per heavy atom. The fourth-order valence-corrected chi connectivity index (χ4v) is 5.84. The molecule has 0 unspecified atom stereocenters. The third kappa shape index (κ3) is 4.05. The van der Waals surface area contributed by atoms with Gasteiger partial charge in [-0.2, -0.15) is 9.40 Å². The zero-order valence-electron chi connectivity index (χ0n) is 18.4. The van der Waals surface area contributed by atoms with Crippen molar-refractivity contribution in [3.8, 4) is 11.4 Å². The van der Waals surface area contributed by atoms with E-state index in [-0.39, 0.29) is 0 Å². The van der Waals surface area contributed by atoms with Crippen molar-refractivity contribution in [3.63, 3.8) is 0 Å². The molecule has 0 bridgehead atoms. The van der Waals surface area contributed by atoms with Crippen LogP contribution < -0.4 is 9.64 Å². The predicted octanol–water partition coefficient (Wildman–Crippen LogP) is 3.32. The van der Waals surface area contributed by atoms with E-state index < -0.39 is 10.0 Å². The number of hydrogen-bond donors (Lipinski definition) is 0. The molecule has 4 rings (SSSR count). The van der Waals surface area contributed by atoms with Gasteiger partial charge in [0.1, 0.15) is 10.6 Å². The van der Waals surface area contributed by atoms with Gasteiger partial charge in [0.25, 0.3) is 0 Å². The number of hydrogen-bond acceptors (Lipinski definition) is 5. The summed E-state index contributed by atoms with van der Waals surface area (Å²) in [6, 6.07) is 15.8. The van der Waals surface area contributed by atoms with E-state index in [1.807, 2.05) is 62.4 Å². The Kier molecular flexibility index (Phi) is 5.77. The smallest absolute Gasteiger partial charge is 0.246 e. The number of aryl methyl sites for hydroxylation is 2. The highest BCUT2D eigenvalue weighted by atomic mass is 32.2. The largest absolute Gasteiger partial charge is 0.497 e. The van der Waals surface area contributed by atoms with Crippen molar-refractivity contribution in [2.45, 2.75) is 25.7 Å². The van der Waals surface area contributed by atoms with Gasteiger partial charge in [-0.05, 0) is 45.0 Å². The predicted molar refractivity (Wildman–Crippen MR) is 122 cm³/mol. The lowest BCUT2D eigenvalue weighted by Crippen LogP contribution is -2.48. The van der Waals surface area contributed by atoms with E-state index in [2.05, 4.69) is 10.00 Å². The molecule has 2 heterocycles. The zero-order chi connectivity index (χ0) is 22.2. The van der Waals surface area contributed by atoms with Crippen LogP contribution in [0.1, 0.15) is 17.0 Å². The molecule has 8 heteroatoms. The van der Waals surface area contributed by atoms with E-state index in [0.29, 0.717) is 42.5 Å². The lowest BCUT2D eigenvalue weighted by molar-refractivity contribution is 0.383. The van der Waals surface area contributed by atoms with Gasteiger partial charge in [0.05, 0.1) is 24.2 Å². The molecule has 7 nitrogen and oxygen atoms in total. The van der Waals surface area contributed by atoms with Crippen LogP contribution in [0.2, 0.25) is 0 Å². The molecule has 2 aromatic carbocycles. The molecule has 0 N–H and O–H groups in total. The fourth-order valence-electron chi connectivity index (χ4n) is 4.06. The number of methoxy groups -OCH3 is 1. The molecular weight excluding hydrogens is 412 g/mol. The van der Waals surface area contributed by atoms with Gasteiger partial charge < -0.3 is 9.64 Å². The highest BCUT2D eigenvalue weighted by Crippen LogP contribution is 2.28. The minimum atomic E-state index is -3.64. The van der Waals surface area contributed by atoms with Gasteiger partial charge in [-0.3, -0.25) is 0 Å². The van der Waals surface area contributed by atoms with Crippen molar-refractivity contribution in [3.05, 3.63) is 65.5 Å². The van der Waals surface area contributed by atoms with Crippen molar-refractivity contribution in [1.82, 2.24) is 14.1 Å². The van der Waals surface area contributed by atoms with E-state index in [9.17, 15) is 8.42 Å². The Morgan fingerprint density at radius 3 is 2.23 bits per heavy atom. The monoisotopic (exact) mass is 440 g/mol. The molecule has 1 aliphatic heterocycles. The van der Waals surface area contributed by atoms with Crippen molar-refractivity contribution in [2.24, 2.45) is 0 Å². The molecule has 1 aliphatic rings. The Labute approximate surface area is 183 Å².